The zero-order valence-electron chi connectivity index (χ0n) is 22.6. The highest BCUT2D eigenvalue weighted by molar-refractivity contribution is 7.84. The van der Waals surface area contributed by atoms with Gasteiger partial charge in [0.05, 0.1) is 17.6 Å². The minimum absolute atomic E-state index is 0.0692. The number of nitrogens with zero attached hydrogens (tertiary/aromatic N) is 2. The molecule has 9 nitrogen and oxygen atoms in total. The summed E-state index contributed by atoms with van der Waals surface area (Å²) in [6.07, 6.45) is -5.08. The van der Waals surface area contributed by atoms with Crippen molar-refractivity contribution in [3.63, 3.8) is 0 Å². The third kappa shape index (κ3) is 10.9. The fourth-order valence-corrected chi connectivity index (χ4v) is 4.18. The number of nitrogens with one attached hydrogen (secondary N) is 1. The molecule has 212 valence electrons. The van der Waals surface area contributed by atoms with Crippen LogP contribution in [0.1, 0.15) is 85.5 Å². The Morgan fingerprint density at radius 1 is 1.00 bits per heavy atom. The van der Waals surface area contributed by atoms with Crippen molar-refractivity contribution in [3.8, 4) is 0 Å². The molecule has 1 amide bonds. The largest absolute Gasteiger partial charge is 0.458 e. The van der Waals surface area contributed by atoms with E-state index in [0.717, 1.165) is 6.20 Å². The molecule has 37 heavy (non-hydrogen) atoms. The van der Waals surface area contributed by atoms with Crippen LogP contribution in [0.25, 0.3) is 0 Å². The number of carbonyl (C=O) groups excluding carboxylic acids is 2. The monoisotopic (exact) mass is 553 g/mol. The van der Waals surface area contributed by atoms with Gasteiger partial charge < -0.3 is 19.9 Å². The van der Waals surface area contributed by atoms with Gasteiger partial charge in [-0.05, 0) is 53.9 Å². The molecule has 0 radical (unpaired) electrons. The van der Waals surface area contributed by atoms with Crippen LogP contribution < -0.4 is 5.32 Å². The third-order valence-electron chi connectivity index (χ3n) is 4.86. The van der Waals surface area contributed by atoms with Crippen molar-refractivity contribution in [3.05, 3.63) is 23.8 Å². The van der Waals surface area contributed by atoms with Crippen molar-refractivity contribution in [2.75, 3.05) is 11.5 Å². The highest BCUT2D eigenvalue weighted by Crippen LogP contribution is 2.40. The predicted molar refractivity (Wildman–Crippen MR) is 132 cm³/mol. The van der Waals surface area contributed by atoms with E-state index in [1.165, 1.54) is 6.20 Å². The quantitative estimate of drug-likeness (QED) is 0.415. The Morgan fingerprint density at radius 3 is 2.00 bits per heavy atom. The van der Waals surface area contributed by atoms with Gasteiger partial charge in [-0.15, -0.1) is 0 Å². The first-order valence-electron chi connectivity index (χ1n) is 11.8. The molecule has 0 spiro atoms. The van der Waals surface area contributed by atoms with Crippen molar-refractivity contribution >= 4 is 22.9 Å². The Morgan fingerprint density at radius 2 is 1.57 bits per heavy atom. The Balaban J connectivity index is 2.94. The molecule has 1 rings (SSSR count). The lowest BCUT2D eigenvalue weighted by Gasteiger charge is -2.30. The summed E-state index contributed by atoms with van der Waals surface area (Å²) in [4.78, 5) is 32.5. The highest BCUT2D eigenvalue weighted by atomic mass is 32.2. The van der Waals surface area contributed by atoms with E-state index in [4.69, 9.17) is 9.47 Å². The minimum atomic E-state index is -5.09. The molecule has 1 heterocycles. The highest BCUT2D eigenvalue weighted by Gasteiger charge is 2.56. The molecule has 1 aromatic rings. The van der Waals surface area contributed by atoms with Crippen LogP contribution in [0, 0.1) is 0 Å². The summed E-state index contributed by atoms with van der Waals surface area (Å²) in [7, 11) is -1.89. The Kier molecular flexibility index (Phi) is 11.1. The van der Waals surface area contributed by atoms with E-state index in [2.05, 4.69) is 15.3 Å². The number of alkyl halides is 3. The zero-order chi connectivity index (χ0) is 28.8. The molecular formula is C24H38F3N3O6S. The van der Waals surface area contributed by atoms with Crippen LogP contribution in [0.3, 0.4) is 0 Å². The van der Waals surface area contributed by atoms with E-state index in [0.29, 0.717) is 5.69 Å². The van der Waals surface area contributed by atoms with Gasteiger partial charge in [0.25, 0.3) is 0 Å². The number of esters is 1. The predicted octanol–water partition coefficient (Wildman–Crippen LogP) is 4.11. The molecule has 0 aliphatic rings. The number of halogens is 3. The van der Waals surface area contributed by atoms with Gasteiger partial charge in [0, 0.05) is 34.9 Å². The fraction of sp³-hybridized carbons (Fsp3) is 0.750. The molecule has 0 aromatic carbocycles. The molecule has 0 saturated heterocycles. The molecule has 3 unspecified atom stereocenters. The first kappa shape index (κ1) is 32.7. The smallest absolute Gasteiger partial charge is 0.423 e. The van der Waals surface area contributed by atoms with Crippen LogP contribution in [-0.4, -0.2) is 66.3 Å². The minimum Gasteiger partial charge on any atom is -0.458 e. The normalized spacial score (nSPS) is 16.0. The van der Waals surface area contributed by atoms with Gasteiger partial charge in [0.15, 0.2) is 0 Å². The molecule has 0 aliphatic carbocycles. The Hall–Kier alpha value is -2.28. The second-order valence-electron chi connectivity index (χ2n) is 11.0. The van der Waals surface area contributed by atoms with Gasteiger partial charge >= 0.3 is 18.2 Å². The van der Waals surface area contributed by atoms with E-state index in [1.54, 1.807) is 55.4 Å². The number of aliphatic hydroxyl groups is 1. The summed E-state index contributed by atoms with van der Waals surface area (Å²) in [5.74, 6) is -1.66. The molecule has 13 heteroatoms. The van der Waals surface area contributed by atoms with Gasteiger partial charge in [-0.1, -0.05) is 13.8 Å². The van der Waals surface area contributed by atoms with Crippen LogP contribution >= 0.6 is 0 Å². The molecule has 2 N–H and O–H groups in total. The van der Waals surface area contributed by atoms with Crippen molar-refractivity contribution in [2.45, 2.75) is 103 Å². The summed E-state index contributed by atoms with van der Waals surface area (Å²) in [6.45, 7) is 13.4. The maximum absolute atomic E-state index is 13.8. The maximum atomic E-state index is 13.8. The third-order valence-corrected chi connectivity index (χ3v) is 6.21. The Labute approximate surface area is 218 Å². The molecule has 3 atom stereocenters. The lowest BCUT2D eigenvalue weighted by atomic mass is 9.96. The molecule has 0 aliphatic heterocycles. The Bertz CT molecular complexity index is 943. The van der Waals surface area contributed by atoms with E-state index >= 15 is 0 Å². The number of alkyl carbamates (subject to hydrolysis) is 1. The molecule has 0 bridgehead atoms. The topological polar surface area (TPSA) is 128 Å². The first-order chi connectivity index (χ1) is 16.6. The second-order valence-corrected chi connectivity index (χ2v) is 12.7. The molecule has 0 saturated carbocycles. The number of hydrogen-bond acceptors (Lipinski definition) is 8. The number of hydrogen-bond donors (Lipinski definition) is 2. The average Bonchev–Trinajstić information content (AvgIpc) is 2.71. The molecular weight excluding hydrogens is 515 g/mol. The lowest BCUT2D eigenvalue weighted by Crippen LogP contribution is -2.47. The lowest BCUT2D eigenvalue weighted by molar-refractivity contribution is -0.269. The summed E-state index contributed by atoms with van der Waals surface area (Å²) < 4.78 is 64.5. The molecule has 1 aromatic heterocycles. The first-order valence-corrected chi connectivity index (χ1v) is 13.3. The van der Waals surface area contributed by atoms with E-state index in [-0.39, 0.29) is 18.1 Å². The van der Waals surface area contributed by atoms with E-state index in [1.807, 2.05) is 0 Å². The number of carbonyl (C=O) groups is 2. The standard InChI is InChI=1S/C24H38F3N3O6S/c1-15(2)17-13-29-18(14-28-17)23(33,24(25,26)27)10-12-37(34)11-9-16(19(31)35-21(3,4)5)30-20(32)36-22(6,7)8/h13-16,33H,9-12H2,1-8H3,(H,30,32). The zero-order valence-corrected chi connectivity index (χ0v) is 23.4. The second kappa shape index (κ2) is 12.5. The van der Waals surface area contributed by atoms with Crippen LogP contribution in [0.5, 0.6) is 0 Å². The fourth-order valence-electron chi connectivity index (χ4n) is 2.95. The van der Waals surface area contributed by atoms with Crippen molar-refractivity contribution < 1.29 is 41.5 Å². The van der Waals surface area contributed by atoms with Crippen molar-refractivity contribution in [1.82, 2.24) is 15.3 Å². The van der Waals surface area contributed by atoms with Gasteiger partial charge in [0.1, 0.15) is 17.2 Å². The van der Waals surface area contributed by atoms with Crippen LogP contribution in [0.15, 0.2) is 12.4 Å². The summed E-state index contributed by atoms with van der Waals surface area (Å²) in [5.41, 5.74) is -5.31. The van der Waals surface area contributed by atoms with Crippen molar-refractivity contribution in [2.24, 2.45) is 0 Å². The van der Waals surface area contributed by atoms with Gasteiger partial charge in [-0.2, -0.15) is 13.2 Å². The molecule has 0 fully saturated rings. The van der Waals surface area contributed by atoms with Crippen LogP contribution in [0.2, 0.25) is 0 Å². The number of rotatable bonds is 10. The number of ether oxygens (including phenoxy) is 2. The number of amides is 1. The van der Waals surface area contributed by atoms with Gasteiger partial charge in [-0.25, -0.2) is 9.59 Å². The van der Waals surface area contributed by atoms with Gasteiger partial charge in [0.2, 0.25) is 5.60 Å². The average molecular weight is 554 g/mol. The van der Waals surface area contributed by atoms with E-state index < -0.39 is 69.8 Å². The van der Waals surface area contributed by atoms with Crippen molar-refractivity contribution in [1.29, 1.82) is 0 Å². The maximum Gasteiger partial charge on any atom is 0.423 e. The summed E-state index contributed by atoms with van der Waals surface area (Å²) >= 11 is 0. The SMILES string of the molecule is CC(C)c1cnc(C(O)(CCS(=O)CCC(NC(=O)OC(C)(C)C)C(=O)OC(C)(C)C)C(F)(F)F)cn1. The van der Waals surface area contributed by atoms with Crippen LogP contribution in [0.4, 0.5) is 18.0 Å². The summed E-state index contributed by atoms with van der Waals surface area (Å²) in [6, 6.07) is -1.24. The van der Waals surface area contributed by atoms with Gasteiger partial charge in [-0.3, -0.25) is 14.2 Å². The number of aromatic nitrogens is 2. The van der Waals surface area contributed by atoms with Crippen LogP contribution in [-0.2, 0) is 30.7 Å². The van der Waals surface area contributed by atoms with E-state index in [9.17, 15) is 32.1 Å². The summed E-state index contributed by atoms with van der Waals surface area (Å²) in [5, 5.41) is 12.9.